The summed E-state index contributed by atoms with van der Waals surface area (Å²) < 4.78 is 12.0. The number of benzene rings is 1. The molecule has 0 bridgehead atoms. The van der Waals surface area contributed by atoms with Crippen LogP contribution < -0.4 is 14.9 Å². The highest BCUT2D eigenvalue weighted by atomic mass is 79.9. The molecule has 0 amide bonds. The maximum atomic E-state index is 5.73. The maximum Gasteiger partial charge on any atom is 0.203 e. The van der Waals surface area contributed by atoms with Gasteiger partial charge >= 0.3 is 0 Å². The van der Waals surface area contributed by atoms with E-state index in [1.165, 1.54) is 11.3 Å². The monoisotopic (exact) mass is 383 g/mol. The molecule has 0 aliphatic rings. The molecule has 0 unspecified atom stereocenters. The van der Waals surface area contributed by atoms with Gasteiger partial charge in [0.05, 0.1) is 25.1 Å². The molecule has 1 heterocycles. The summed E-state index contributed by atoms with van der Waals surface area (Å²) in [6.45, 7) is 5.89. The fraction of sp³-hybridized carbons (Fsp3) is 0.333. The number of hydrazone groups is 1. The summed E-state index contributed by atoms with van der Waals surface area (Å²) in [5.74, 6) is 1.37. The molecule has 0 fully saturated rings. The molecule has 0 aliphatic carbocycles. The van der Waals surface area contributed by atoms with Crippen LogP contribution in [0.15, 0.2) is 27.1 Å². The van der Waals surface area contributed by atoms with Crippen molar-refractivity contribution in [3.8, 4) is 11.5 Å². The Morgan fingerprint density at radius 2 is 2.14 bits per heavy atom. The molecule has 0 saturated carbocycles. The molecule has 22 heavy (non-hydrogen) atoms. The molecule has 0 saturated heterocycles. The Bertz CT molecular complexity index is 671. The Morgan fingerprint density at radius 1 is 1.36 bits per heavy atom. The van der Waals surface area contributed by atoms with Gasteiger partial charge in [0.1, 0.15) is 0 Å². The zero-order valence-corrected chi connectivity index (χ0v) is 15.3. The van der Waals surface area contributed by atoms with Crippen LogP contribution in [-0.4, -0.2) is 24.4 Å². The van der Waals surface area contributed by atoms with E-state index in [4.69, 9.17) is 9.47 Å². The van der Waals surface area contributed by atoms with Crippen LogP contribution in [0, 0.1) is 6.92 Å². The minimum Gasteiger partial charge on any atom is -0.493 e. The normalized spacial score (nSPS) is 11.2. The van der Waals surface area contributed by atoms with Crippen LogP contribution in [-0.2, 0) is 0 Å². The highest BCUT2D eigenvalue weighted by molar-refractivity contribution is 9.10. The predicted octanol–water partition coefficient (Wildman–Crippen LogP) is 4.46. The predicted molar refractivity (Wildman–Crippen MR) is 94.5 cm³/mol. The lowest BCUT2D eigenvalue weighted by atomic mass is 10.2. The average molecular weight is 384 g/mol. The second-order valence-electron chi connectivity index (χ2n) is 4.86. The van der Waals surface area contributed by atoms with Crippen LogP contribution in [0.25, 0.3) is 0 Å². The summed E-state index contributed by atoms with van der Waals surface area (Å²) >= 11 is 5.04. The minimum absolute atomic E-state index is 0.0788. The third kappa shape index (κ3) is 4.45. The van der Waals surface area contributed by atoms with Gasteiger partial charge in [-0.15, -0.1) is 11.3 Å². The molecule has 2 rings (SSSR count). The number of aromatic nitrogens is 1. The number of hydrogen-bond acceptors (Lipinski definition) is 6. The van der Waals surface area contributed by atoms with Crippen LogP contribution in [0.5, 0.6) is 11.5 Å². The standard InChI is InChI=1S/C15H18BrN3O2S/c1-9(2)21-14-6-12(16)11(5-13(14)20-4)7-17-19-15-18-10(3)8-22-15/h5-9H,1-4H3,(H,18,19). The van der Waals surface area contributed by atoms with Crippen LogP contribution in [0.1, 0.15) is 25.1 Å². The first-order valence-electron chi connectivity index (χ1n) is 6.75. The Labute approximate surface area is 142 Å². The fourth-order valence-corrected chi connectivity index (χ4v) is 2.78. The van der Waals surface area contributed by atoms with E-state index in [0.717, 1.165) is 20.9 Å². The highest BCUT2D eigenvalue weighted by Crippen LogP contribution is 2.33. The highest BCUT2D eigenvalue weighted by Gasteiger charge is 2.10. The van der Waals surface area contributed by atoms with E-state index in [1.54, 1.807) is 13.3 Å². The van der Waals surface area contributed by atoms with Crippen LogP contribution >= 0.6 is 27.3 Å². The third-order valence-electron chi connectivity index (χ3n) is 2.63. The molecule has 0 aliphatic heterocycles. The van der Waals surface area contributed by atoms with E-state index in [1.807, 2.05) is 38.3 Å². The molecule has 5 nitrogen and oxygen atoms in total. The summed E-state index contributed by atoms with van der Waals surface area (Å²) in [7, 11) is 1.62. The van der Waals surface area contributed by atoms with Gasteiger partial charge in [0.25, 0.3) is 0 Å². The van der Waals surface area contributed by atoms with Crippen molar-refractivity contribution >= 4 is 38.6 Å². The van der Waals surface area contributed by atoms with Gasteiger partial charge < -0.3 is 9.47 Å². The Hall–Kier alpha value is -1.60. The van der Waals surface area contributed by atoms with Gasteiger partial charge in [-0.3, -0.25) is 5.43 Å². The Kier molecular flexibility index (Phi) is 5.79. The summed E-state index contributed by atoms with van der Waals surface area (Å²) in [4.78, 5) is 4.28. The molecule has 0 radical (unpaired) electrons. The van der Waals surface area contributed by atoms with Gasteiger partial charge in [-0.2, -0.15) is 5.10 Å². The van der Waals surface area contributed by atoms with Crippen molar-refractivity contribution in [2.45, 2.75) is 26.9 Å². The number of anilines is 1. The van der Waals surface area contributed by atoms with Gasteiger partial charge in [0.15, 0.2) is 11.5 Å². The molecular weight excluding hydrogens is 366 g/mol. The number of methoxy groups -OCH3 is 1. The largest absolute Gasteiger partial charge is 0.493 e. The van der Waals surface area contributed by atoms with Crippen LogP contribution in [0.3, 0.4) is 0 Å². The van der Waals surface area contributed by atoms with E-state index < -0.39 is 0 Å². The molecule has 0 spiro atoms. The first kappa shape index (κ1) is 16.8. The van der Waals surface area contributed by atoms with Gasteiger partial charge in [0.2, 0.25) is 5.13 Å². The number of ether oxygens (including phenoxy) is 2. The van der Waals surface area contributed by atoms with Crippen LogP contribution in [0.4, 0.5) is 5.13 Å². The van der Waals surface area contributed by atoms with E-state index in [0.29, 0.717) is 11.5 Å². The van der Waals surface area contributed by atoms with Crippen molar-refractivity contribution in [3.05, 3.63) is 33.2 Å². The topological polar surface area (TPSA) is 55.7 Å². The van der Waals surface area contributed by atoms with Crippen molar-refractivity contribution in [3.63, 3.8) is 0 Å². The fourth-order valence-electron chi connectivity index (χ4n) is 1.72. The number of rotatable bonds is 6. The van der Waals surface area contributed by atoms with Crippen molar-refractivity contribution in [2.24, 2.45) is 5.10 Å². The van der Waals surface area contributed by atoms with Crippen LogP contribution in [0.2, 0.25) is 0 Å². The smallest absolute Gasteiger partial charge is 0.203 e. The SMILES string of the molecule is COc1cc(C=NNc2nc(C)cs2)c(Br)cc1OC(C)C. The zero-order valence-electron chi connectivity index (χ0n) is 12.9. The molecule has 1 aromatic carbocycles. The number of hydrogen-bond donors (Lipinski definition) is 1. The lowest BCUT2D eigenvalue weighted by Crippen LogP contribution is -2.07. The minimum atomic E-state index is 0.0788. The number of nitrogens with zero attached hydrogens (tertiary/aromatic N) is 2. The molecule has 1 aromatic heterocycles. The van der Waals surface area contributed by atoms with Gasteiger partial charge in [-0.1, -0.05) is 0 Å². The second-order valence-corrected chi connectivity index (χ2v) is 6.57. The molecule has 2 aromatic rings. The summed E-state index contributed by atoms with van der Waals surface area (Å²) in [6, 6.07) is 3.76. The second kappa shape index (κ2) is 7.60. The lowest BCUT2D eigenvalue weighted by molar-refractivity contribution is 0.230. The number of halogens is 1. The van der Waals surface area contributed by atoms with E-state index in [2.05, 4.69) is 31.4 Å². The lowest BCUT2D eigenvalue weighted by Gasteiger charge is -2.14. The Balaban J connectivity index is 2.16. The molecule has 118 valence electrons. The van der Waals surface area contributed by atoms with E-state index in [9.17, 15) is 0 Å². The zero-order chi connectivity index (χ0) is 16.1. The molecule has 7 heteroatoms. The number of thiazole rings is 1. The summed E-state index contributed by atoms with van der Waals surface area (Å²) in [5, 5.41) is 6.93. The van der Waals surface area contributed by atoms with Crippen molar-refractivity contribution in [1.82, 2.24) is 4.98 Å². The van der Waals surface area contributed by atoms with Crippen molar-refractivity contribution < 1.29 is 9.47 Å². The first-order valence-corrected chi connectivity index (χ1v) is 8.42. The van der Waals surface area contributed by atoms with E-state index in [-0.39, 0.29) is 6.10 Å². The van der Waals surface area contributed by atoms with Gasteiger partial charge in [-0.25, -0.2) is 4.98 Å². The van der Waals surface area contributed by atoms with Crippen molar-refractivity contribution in [1.29, 1.82) is 0 Å². The molecule has 0 atom stereocenters. The van der Waals surface area contributed by atoms with Gasteiger partial charge in [0, 0.05) is 15.4 Å². The quantitative estimate of drug-likeness (QED) is 0.590. The summed E-state index contributed by atoms with van der Waals surface area (Å²) in [6.07, 6.45) is 1.79. The number of nitrogens with one attached hydrogen (secondary N) is 1. The number of aryl methyl sites for hydroxylation is 1. The molecular formula is C15H18BrN3O2S. The third-order valence-corrected chi connectivity index (χ3v) is 4.18. The summed E-state index contributed by atoms with van der Waals surface area (Å²) in [5.41, 5.74) is 4.77. The first-order chi connectivity index (χ1) is 10.5. The van der Waals surface area contributed by atoms with E-state index >= 15 is 0 Å². The average Bonchev–Trinajstić information content (AvgIpc) is 2.86. The maximum absolute atomic E-state index is 5.73. The van der Waals surface area contributed by atoms with Crippen molar-refractivity contribution in [2.75, 3.05) is 12.5 Å². The molecule has 1 N–H and O–H groups in total. The Morgan fingerprint density at radius 3 is 2.73 bits per heavy atom. The van der Waals surface area contributed by atoms with Gasteiger partial charge in [-0.05, 0) is 48.8 Å².